The highest BCUT2D eigenvalue weighted by molar-refractivity contribution is 8.00. The van der Waals surface area contributed by atoms with E-state index in [1.807, 2.05) is 31.2 Å². The molecule has 0 saturated carbocycles. The first-order valence-corrected chi connectivity index (χ1v) is 7.47. The molecule has 21 heavy (non-hydrogen) atoms. The first kappa shape index (κ1) is 15.2. The molecule has 0 aliphatic heterocycles. The number of ether oxygens (including phenoxy) is 1. The van der Waals surface area contributed by atoms with Crippen LogP contribution in [0, 0.1) is 0 Å². The molecule has 0 unspecified atom stereocenters. The fraction of sp³-hybridized carbons (Fsp3) is 0.200. The van der Waals surface area contributed by atoms with Crippen molar-refractivity contribution >= 4 is 23.5 Å². The summed E-state index contributed by atoms with van der Waals surface area (Å²) in [6.07, 6.45) is 1.51. The molecule has 0 aliphatic rings. The van der Waals surface area contributed by atoms with Gasteiger partial charge in [-0.25, -0.2) is 4.98 Å². The van der Waals surface area contributed by atoms with E-state index in [1.54, 1.807) is 6.07 Å². The number of hydrogen-bond donors (Lipinski definition) is 2. The quantitative estimate of drug-likeness (QED) is 0.803. The van der Waals surface area contributed by atoms with Crippen molar-refractivity contribution in [2.45, 2.75) is 11.8 Å². The van der Waals surface area contributed by atoms with Gasteiger partial charge in [-0.15, -0.1) is 11.8 Å². The Labute approximate surface area is 127 Å². The predicted molar refractivity (Wildman–Crippen MR) is 82.9 cm³/mol. The zero-order chi connectivity index (χ0) is 15.1. The van der Waals surface area contributed by atoms with Gasteiger partial charge in [-0.2, -0.15) is 0 Å². The number of thioether (sulfide) groups is 1. The van der Waals surface area contributed by atoms with Gasteiger partial charge >= 0.3 is 0 Å². The second kappa shape index (κ2) is 7.54. The summed E-state index contributed by atoms with van der Waals surface area (Å²) in [4.78, 5) is 16.7. The molecule has 0 atom stereocenters. The first-order valence-electron chi connectivity index (χ1n) is 6.48. The fourth-order valence-electron chi connectivity index (χ4n) is 1.61. The van der Waals surface area contributed by atoms with Gasteiger partial charge in [-0.05, 0) is 43.3 Å². The minimum atomic E-state index is -0.220. The molecule has 0 bridgehead atoms. The van der Waals surface area contributed by atoms with Gasteiger partial charge in [-0.1, -0.05) is 0 Å². The number of nitrogens with zero attached hydrogens (tertiary/aromatic N) is 1. The van der Waals surface area contributed by atoms with Crippen molar-refractivity contribution in [3.05, 3.63) is 42.6 Å². The molecule has 1 aromatic heterocycles. The summed E-state index contributed by atoms with van der Waals surface area (Å²) in [7, 11) is 0. The first-order chi connectivity index (χ1) is 10.2. The molecule has 0 spiro atoms. The van der Waals surface area contributed by atoms with E-state index < -0.39 is 0 Å². The number of carbonyl (C=O) groups is 1. The second-order valence-electron chi connectivity index (χ2n) is 4.11. The SMILES string of the molecule is CCOc1ccc(SCC(=O)Nc2ncccc2O)cc1. The van der Waals surface area contributed by atoms with E-state index in [1.165, 1.54) is 24.0 Å². The Morgan fingerprint density at radius 3 is 2.76 bits per heavy atom. The predicted octanol–water partition coefficient (Wildman–Crippen LogP) is 2.92. The van der Waals surface area contributed by atoms with Crippen molar-refractivity contribution < 1.29 is 14.6 Å². The number of carbonyl (C=O) groups excluding carboxylic acids is 1. The third-order valence-corrected chi connectivity index (χ3v) is 3.56. The number of aromatic hydroxyl groups is 1. The van der Waals surface area contributed by atoms with Crippen molar-refractivity contribution in [3.8, 4) is 11.5 Å². The molecule has 1 aromatic carbocycles. The third kappa shape index (κ3) is 4.68. The van der Waals surface area contributed by atoms with Crippen LogP contribution in [-0.4, -0.2) is 28.4 Å². The summed E-state index contributed by atoms with van der Waals surface area (Å²) in [6.45, 7) is 2.56. The highest BCUT2D eigenvalue weighted by atomic mass is 32.2. The van der Waals surface area contributed by atoms with Crippen molar-refractivity contribution in [2.24, 2.45) is 0 Å². The molecular weight excluding hydrogens is 288 g/mol. The molecule has 0 radical (unpaired) electrons. The third-order valence-electron chi connectivity index (χ3n) is 2.55. The number of amides is 1. The number of benzene rings is 1. The van der Waals surface area contributed by atoms with Gasteiger partial charge < -0.3 is 15.2 Å². The molecule has 0 saturated heterocycles. The van der Waals surface area contributed by atoms with Crippen LogP contribution in [0.25, 0.3) is 0 Å². The normalized spacial score (nSPS) is 10.1. The zero-order valence-electron chi connectivity index (χ0n) is 11.6. The lowest BCUT2D eigenvalue weighted by Gasteiger charge is -2.06. The van der Waals surface area contributed by atoms with Crippen LogP contribution in [0.3, 0.4) is 0 Å². The second-order valence-corrected chi connectivity index (χ2v) is 5.16. The van der Waals surface area contributed by atoms with E-state index in [0.717, 1.165) is 10.6 Å². The highest BCUT2D eigenvalue weighted by Gasteiger charge is 2.07. The van der Waals surface area contributed by atoms with Crippen LogP contribution in [0.15, 0.2) is 47.5 Å². The van der Waals surface area contributed by atoms with Crippen LogP contribution in [0.5, 0.6) is 11.5 Å². The average molecular weight is 304 g/mol. The molecule has 6 heteroatoms. The van der Waals surface area contributed by atoms with Crippen molar-refractivity contribution in [1.82, 2.24) is 4.98 Å². The lowest BCUT2D eigenvalue weighted by atomic mass is 10.3. The van der Waals surface area contributed by atoms with Crippen LogP contribution in [0.4, 0.5) is 5.82 Å². The Morgan fingerprint density at radius 2 is 2.10 bits per heavy atom. The van der Waals surface area contributed by atoms with Gasteiger partial charge in [0.1, 0.15) is 5.75 Å². The maximum atomic E-state index is 11.8. The van der Waals surface area contributed by atoms with E-state index in [0.29, 0.717) is 6.61 Å². The number of aromatic nitrogens is 1. The summed E-state index contributed by atoms with van der Waals surface area (Å²) >= 11 is 1.40. The fourth-order valence-corrected chi connectivity index (χ4v) is 2.31. The lowest BCUT2D eigenvalue weighted by Crippen LogP contribution is -2.14. The van der Waals surface area contributed by atoms with E-state index in [2.05, 4.69) is 10.3 Å². The monoisotopic (exact) mass is 304 g/mol. The van der Waals surface area contributed by atoms with E-state index in [4.69, 9.17) is 4.74 Å². The number of hydrogen-bond acceptors (Lipinski definition) is 5. The Hall–Kier alpha value is -2.21. The molecule has 2 rings (SSSR count). The van der Waals surface area contributed by atoms with Gasteiger partial charge in [0.2, 0.25) is 5.91 Å². The van der Waals surface area contributed by atoms with Crippen LogP contribution in [-0.2, 0) is 4.79 Å². The summed E-state index contributed by atoms with van der Waals surface area (Å²) in [5, 5.41) is 12.1. The van der Waals surface area contributed by atoms with Gasteiger partial charge in [0.05, 0.1) is 12.4 Å². The highest BCUT2D eigenvalue weighted by Crippen LogP contribution is 2.23. The summed E-state index contributed by atoms with van der Waals surface area (Å²) in [5.41, 5.74) is 0. The van der Waals surface area contributed by atoms with Crippen LogP contribution >= 0.6 is 11.8 Å². The smallest absolute Gasteiger partial charge is 0.235 e. The lowest BCUT2D eigenvalue weighted by molar-refractivity contribution is -0.113. The molecular formula is C15H16N2O3S. The Balaban J connectivity index is 1.85. The van der Waals surface area contributed by atoms with Crippen molar-refractivity contribution in [2.75, 3.05) is 17.7 Å². The maximum absolute atomic E-state index is 11.8. The largest absolute Gasteiger partial charge is 0.504 e. The number of nitrogens with one attached hydrogen (secondary N) is 1. The van der Waals surface area contributed by atoms with E-state index in [-0.39, 0.29) is 23.2 Å². The van der Waals surface area contributed by atoms with Crippen LogP contribution in [0.1, 0.15) is 6.92 Å². The number of pyridine rings is 1. The van der Waals surface area contributed by atoms with Gasteiger partial charge in [0.25, 0.3) is 0 Å². The topological polar surface area (TPSA) is 71.5 Å². The van der Waals surface area contributed by atoms with Crippen LogP contribution in [0.2, 0.25) is 0 Å². The number of rotatable bonds is 6. The summed E-state index contributed by atoms with van der Waals surface area (Å²) in [5.74, 6) is 0.962. The molecule has 2 aromatic rings. The van der Waals surface area contributed by atoms with Crippen molar-refractivity contribution in [1.29, 1.82) is 0 Å². The van der Waals surface area contributed by atoms with Gasteiger partial charge in [-0.3, -0.25) is 4.79 Å². The Morgan fingerprint density at radius 1 is 1.33 bits per heavy atom. The van der Waals surface area contributed by atoms with E-state index in [9.17, 15) is 9.90 Å². The zero-order valence-corrected chi connectivity index (χ0v) is 12.4. The summed E-state index contributed by atoms with van der Waals surface area (Å²) < 4.78 is 5.35. The maximum Gasteiger partial charge on any atom is 0.235 e. The molecule has 110 valence electrons. The molecule has 0 fully saturated rings. The molecule has 1 heterocycles. The van der Waals surface area contributed by atoms with Crippen LogP contribution < -0.4 is 10.1 Å². The minimum absolute atomic E-state index is 0.0445. The molecule has 0 aliphatic carbocycles. The van der Waals surface area contributed by atoms with Gasteiger partial charge in [0, 0.05) is 11.1 Å². The van der Waals surface area contributed by atoms with E-state index >= 15 is 0 Å². The standard InChI is InChI=1S/C15H16N2O3S/c1-2-20-11-5-7-12(8-6-11)21-10-14(19)17-15-13(18)4-3-9-16-15/h3-9,18H,2,10H2,1H3,(H,16,17,19). The molecule has 1 amide bonds. The molecule has 5 nitrogen and oxygen atoms in total. The number of anilines is 1. The minimum Gasteiger partial charge on any atom is -0.504 e. The van der Waals surface area contributed by atoms with Crippen molar-refractivity contribution in [3.63, 3.8) is 0 Å². The van der Waals surface area contributed by atoms with Gasteiger partial charge in [0.15, 0.2) is 11.6 Å². The summed E-state index contributed by atoms with van der Waals surface area (Å²) in [6, 6.07) is 10.6. The molecule has 2 N–H and O–H groups in total. The Kier molecular flexibility index (Phi) is 5.45. The average Bonchev–Trinajstić information content (AvgIpc) is 2.49. The Bertz CT molecular complexity index is 602.